The molecule has 2 rings (SSSR count). The second-order valence-electron chi connectivity index (χ2n) is 4.68. The molecular weight excluding hydrogens is 290 g/mol. The third-order valence-electron chi connectivity index (χ3n) is 3.25. The lowest BCUT2D eigenvalue weighted by Crippen LogP contribution is -2.26. The molecule has 1 aromatic carbocycles. The van der Waals surface area contributed by atoms with E-state index in [1.165, 1.54) is 6.33 Å². The van der Waals surface area contributed by atoms with Crippen molar-refractivity contribution in [1.29, 1.82) is 0 Å². The summed E-state index contributed by atoms with van der Waals surface area (Å²) in [4.78, 5) is 4.27. The Morgan fingerprint density at radius 2 is 2.19 bits per heavy atom. The zero-order chi connectivity index (χ0) is 15.3. The molecule has 7 nitrogen and oxygen atoms in total. The summed E-state index contributed by atoms with van der Waals surface area (Å²) in [5.74, 6) is 0.746. The Kier molecular flexibility index (Phi) is 5.05. The Balaban J connectivity index is 1.98. The molecule has 1 aromatic heterocycles. The maximum absolute atomic E-state index is 12.3. The van der Waals surface area contributed by atoms with Crippen molar-refractivity contribution in [3.63, 3.8) is 0 Å². The number of rotatable bonds is 7. The minimum absolute atomic E-state index is 0.283. The fraction of sp³-hybridized carbons (Fsp3) is 0.385. The summed E-state index contributed by atoms with van der Waals surface area (Å²) in [5, 5.41) is 6.48. The number of nitrogens with two attached hydrogens (primary N) is 1. The van der Waals surface area contributed by atoms with Crippen LogP contribution >= 0.6 is 0 Å². The number of hydrogen-bond donors (Lipinski definition) is 3. The fourth-order valence-electron chi connectivity index (χ4n) is 2.06. The SMILES string of the molecule is Cc1c(CN)cccc1S(=O)(=O)NCCCc1ncn[nH]1. The van der Waals surface area contributed by atoms with Crippen LogP contribution in [0.25, 0.3) is 0 Å². The van der Waals surface area contributed by atoms with Gasteiger partial charge in [0, 0.05) is 19.5 Å². The molecular formula is C13H19N5O2S. The van der Waals surface area contributed by atoms with Crippen molar-refractivity contribution in [3.8, 4) is 0 Å². The van der Waals surface area contributed by atoms with Crippen LogP contribution in [-0.4, -0.2) is 30.1 Å². The predicted octanol–water partition coefficient (Wildman–Crippen LogP) is 0.483. The van der Waals surface area contributed by atoms with Crippen LogP contribution in [0.3, 0.4) is 0 Å². The summed E-state index contributed by atoms with van der Waals surface area (Å²) in [6.45, 7) is 2.43. The molecule has 0 unspecified atom stereocenters. The number of nitrogens with zero attached hydrogens (tertiary/aromatic N) is 2. The van der Waals surface area contributed by atoms with Crippen LogP contribution < -0.4 is 10.5 Å². The lowest BCUT2D eigenvalue weighted by atomic mass is 10.1. The molecule has 0 aliphatic heterocycles. The van der Waals surface area contributed by atoms with Gasteiger partial charge in [0.15, 0.2) is 0 Å². The zero-order valence-electron chi connectivity index (χ0n) is 11.8. The van der Waals surface area contributed by atoms with Crippen molar-refractivity contribution in [3.05, 3.63) is 41.5 Å². The molecule has 2 aromatic rings. The Labute approximate surface area is 124 Å². The molecule has 0 saturated carbocycles. The number of benzene rings is 1. The maximum Gasteiger partial charge on any atom is 0.240 e. The van der Waals surface area contributed by atoms with E-state index in [-0.39, 0.29) is 4.90 Å². The number of H-pyrrole nitrogens is 1. The van der Waals surface area contributed by atoms with Crippen LogP contribution in [0.4, 0.5) is 0 Å². The van der Waals surface area contributed by atoms with Gasteiger partial charge in [-0.1, -0.05) is 12.1 Å². The normalized spacial score (nSPS) is 11.7. The van der Waals surface area contributed by atoms with Gasteiger partial charge in [0.25, 0.3) is 0 Å². The van der Waals surface area contributed by atoms with E-state index < -0.39 is 10.0 Å². The molecule has 0 atom stereocenters. The third kappa shape index (κ3) is 3.87. The van der Waals surface area contributed by atoms with E-state index in [4.69, 9.17) is 5.73 Å². The Morgan fingerprint density at radius 1 is 1.38 bits per heavy atom. The molecule has 0 spiro atoms. The standard InChI is InChI=1S/C13H19N5O2S/c1-10-11(8-14)4-2-5-12(10)21(19,20)17-7-3-6-13-15-9-16-18-13/h2,4-5,9,17H,3,6-8,14H2,1H3,(H,15,16,18). The second-order valence-corrected chi connectivity index (χ2v) is 6.41. The molecule has 1 heterocycles. The first kappa shape index (κ1) is 15.6. The average molecular weight is 309 g/mol. The second kappa shape index (κ2) is 6.79. The van der Waals surface area contributed by atoms with E-state index in [9.17, 15) is 8.42 Å². The first-order chi connectivity index (χ1) is 10.0. The highest BCUT2D eigenvalue weighted by Gasteiger charge is 2.17. The van der Waals surface area contributed by atoms with Gasteiger partial charge < -0.3 is 5.73 Å². The van der Waals surface area contributed by atoms with Crippen molar-refractivity contribution < 1.29 is 8.42 Å². The molecule has 0 radical (unpaired) electrons. The topological polar surface area (TPSA) is 114 Å². The molecule has 0 aliphatic carbocycles. The highest BCUT2D eigenvalue weighted by molar-refractivity contribution is 7.89. The zero-order valence-corrected chi connectivity index (χ0v) is 12.7. The molecule has 0 fully saturated rings. The summed E-state index contributed by atoms with van der Waals surface area (Å²) < 4.78 is 27.2. The minimum atomic E-state index is -3.52. The first-order valence-electron chi connectivity index (χ1n) is 6.67. The van der Waals surface area contributed by atoms with E-state index in [2.05, 4.69) is 19.9 Å². The quantitative estimate of drug-likeness (QED) is 0.644. The van der Waals surface area contributed by atoms with Crippen LogP contribution in [0.1, 0.15) is 23.4 Å². The molecule has 8 heteroatoms. The van der Waals surface area contributed by atoms with Crippen molar-refractivity contribution in [2.24, 2.45) is 5.73 Å². The summed E-state index contributed by atoms with van der Waals surface area (Å²) in [6, 6.07) is 5.13. The summed E-state index contributed by atoms with van der Waals surface area (Å²) in [6.07, 6.45) is 2.72. The molecule has 4 N–H and O–H groups in total. The molecule has 114 valence electrons. The van der Waals surface area contributed by atoms with Gasteiger partial charge in [-0.2, -0.15) is 5.10 Å². The maximum atomic E-state index is 12.3. The van der Waals surface area contributed by atoms with Gasteiger partial charge in [0.1, 0.15) is 12.2 Å². The fourth-order valence-corrected chi connectivity index (χ4v) is 3.42. The number of aromatic amines is 1. The monoisotopic (exact) mass is 309 g/mol. The van der Waals surface area contributed by atoms with E-state index in [1.54, 1.807) is 19.1 Å². The summed E-state index contributed by atoms with van der Waals surface area (Å²) in [7, 11) is -3.52. The largest absolute Gasteiger partial charge is 0.326 e. The average Bonchev–Trinajstić information content (AvgIpc) is 2.97. The molecule has 0 saturated heterocycles. The summed E-state index contributed by atoms with van der Waals surface area (Å²) >= 11 is 0. The van der Waals surface area contributed by atoms with Gasteiger partial charge in [0.05, 0.1) is 4.90 Å². The molecule has 0 aliphatic rings. The number of aromatic nitrogens is 3. The van der Waals surface area contributed by atoms with Gasteiger partial charge in [-0.05, 0) is 30.5 Å². The number of sulfonamides is 1. The van der Waals surface area contributed by atoms with Crippen LogP contribution in [-0.2, 0) is 23.0 Å². The first-order valence-corrected chi connectivity index (χ1v) is 8.15. The van der Waals surface area contributed by atoms with E-state index in [0.717, 1.165) is 11.4 Å². The third-order valence-corrected chi connectivity index (χ3v) is 4.86. The number of hydrogen-bond acceptors (Lipinski definition) is 5. The number of aryl methyl sites for hydroxylation is 1. The van der Waals surface area contributed by atoms with Crippen LogP contribution in [0, 0.1) is 6.92 Å². The lowest BCUT2D eigenvalue weighted by Gasteiger charge is -2.11. The Hall–Kier alpha value is -1.77. The Bertz CT molecular complexity index is 683. The van der Waals surface area contributed by atoms with Gasteiger partial charge in [-0.3, -0.25) is 5.10 Å². The molecule has 0 amide bonds. The van der Waals surface area contributed by atoms with Crippen LogP contribution in [0.15, 0.2) is 29.4 Å². The molecule has 0 bridgehead atoms. The number of nitrogens with one attached hydrogen (secondary N) is 2. The van der Waals surface area contributed by atoms with Crippen molar-refractivity contribution in [2.75, 3.05) is 6.54 Å². The van der Waals surface area contributed by atoms with Gasteiger partial charge in [-0.15, -0.1) is 0 Å². The predicted molar refractivity (Wildman–Crippen MR) is 79.0 cm³/mol. The van der Waals surface area contributed by atoms with Gasteiger partial charge in [0.2, 0.25) is 10.0 Å². The highest BCUT2D eigenvalue weighted by Crippen LogP contribution is 2.18. The smallest absolute Gasteiger partial charge is 0.240 e. The van der Waals surface area contributed by atoms with Crippen molar-refractivity contribution >= 4 is 10.0 Å². The Morgan fingerprint density at radius 3 is 2.86 bits per heavy atom. The van der Waals surface area contributed by atoms with Crippen LogP contribution in [0.2, 0.25) is 0 Å². The summed E-state index contributed by atoms with van der Waals surface area (Å²) in [5.41, 5.74) is 7.14. The van der Waals surface area contributed by atoms with Crippen molar-refractivity contribution in [2.45, 2.75) is 31.2 Å². The van der Waals surface area contributed by atoms with Crippen LogP contribution in [0.5, 0.6) is 0 Å². The van der Waals surface area contributed by atoms with Gasteiger partial charge >= 0.3 is 0 Å². The molecule has 21 heavy (non-hydrogen) atoms. The van der Waals surface area contributed by atoms with E-state index in [1.807, 2.05) is 6.07 Å². The minimum Gasteiger partial charge on any atom is -0.326 e. The van der Waals surface area contributed by atoms with E-state index in [0.29, 0.717) is 31.5 Å². The van der Waals surface area contributed by atoms with Gasteiger partial charge in [-0.25, -0.2) is 18.1 Å². The highest BCUT2D eigenvalue weighted by atomic mass is 32.2. The lowest BCUT2D eigenvalue weighted by molar-refractivity contribution is 0.577. The van der Waals surface area contributed by atoms with Crippen molar-refractivity contribution in [1.82, 2.24) is 19.9 Å². The van der Waals surface area contributed by atoms with E-state index >= 15 is 0 Å².